The topological polar surface area (TPSA) is 6.48 Å². The summed E-state index contributed by atoms with van der Waals surface area (Å²) in [5.74, 6) is 1.61. The summed E-state index contributed by atoms with van der Waals surface area (Å²) in [5, 5.41) is 0. The normalized spacial score (nSPS) is 20.0. The molecule has 0 N–H and O–H groups in total. The van der Waals surface area contributed by atoms with Crippen LogP contribution < -0.4 is 0 Å². The van der Waals surface area contributed by atoms with Crippen molar-refractivity contribution in [3.8, 4) is 0 Å². The van der Waals surface area contributed by atoms with E-state index < -0.39 is 0 Å². The van der Waals surface area contributed by atoms with Crippen LogP contribution in [0.25, 0.3) is 0 Å². The lowest BCUT2D eigenvalue weighted by Crippen LogP contribution is -2.47. The number of hydrogen-bond acceptors (Lipinski definition) is 2. The van der Waals surface area contributed by atoms with Gasteiger partial charge in [0, 0.05) is 38.6 Å². The van der Waals surface area contributed by atoms with Crippen molar-refractivity contribution in [1.29, 1.82) is 0 Å². The van der Waals surface area contributed by atoms with E-state index in [1.807, 2.05) is 0 Å². The third-order valence-electron chi connectivity index (χ3n) is 2.95. The molecule has 0 unspecified atom stereocenters. The van der Waals surface area contributed by atoms with Crippen molar-refractivity contribution in [3.63, 3.8) is 0 Å². The molecular formula is C12H25ClN2. The summed E-state index contributed by atoms with van der Waals surface area (Å²) in [6, 6.07) is 0. The molecule has 1 rings (SSSR count). The Morgan fingerprint density at radius 2 is 1.60 bits per heavy atom. The van der Waals surface area contributed by atoms with Gasteiger partial charge in [-0.25, -0.2) is 0 Å². The van der Waals surface area contributed by atoms with Crippen LogP contribution in [0.2, 0.25) is 0 Å². The highest BCUT2D eigenvalue weighted by atomic mass is 35.5. The van der Waals surface area contributed by atoms with Crippen LogP contribution in [0.15, 0.2) is 0 Å². The summed E-state index contributed by atoms with van der Waals surface area (Å²) in [6.07, 6.45) is 2.42. The summed E-state index contributed by atoms with van der Waals surface area (Å²) >= 11 is 5.67. The summed E-state index contributed by atoms with van der Waals surface area (Å²) < 4.78 is 0. The molecule has 1 heterocycles. The van der Waals surface area contributed by atoms with Crippen LogP contribution in [-0.4, -0.2) is 54.9 Å². The van der Waals surface area contributed by atoms with Crippen LogP contribution in [0, 0.1) is 5.92 Å². The van der Waals surface area contributed by atoms with Gasteiger partial charge < -0.3 is 9.80 Å². The molecule has 1 saturated heterocycles. The highest BCUT2D eigenvalue weighted by Gasteiger charge is 2.16. The van der Waals surface area contributed by atoms with Gasteiger partial charge in [-0.1, -0.05) is 13.8 Å². The van der Waals surface area contributed by atoms with Gasteiger partial charge in [-0.15, -0.1) is 11.6 Å². The maximum absolute atomic E-state index is 5.67. The minimum absolute atomic E-state index is 0.799. The van der Waals surface area contributed by atoms with Gasteiger partial charge in [-0.2, -0.15) is 0 Å². The second-order valence-corrected chi connectivity index (χ2v) is 5.31. The van der Waals surface area contributed by atoms with Crippen molar-refractivity contribution < 1.29 is 0 Å². The van der Waals surface area contributed by atoms with E-state index in [1.165, 1.54) is 45.7 Å². The zero-order chi connectivity index (χ0) is 11.1. The number of piperazine rings is 1. The van der Waals surface area contributed by atoms with Crippen LogP contribution in [0.3, 0.4) is 0 Å². The number of hydrogen-bond donors (Lipinski definition) is 0. The van der Waals surface area contributed by atoms with Gasteiger partial charge in [-0.3, -0.25) is 0 Å². The maximum Gasteiger partial charge on any atom is 0.0223 e. The van der Waals surface area contributed by atoms with Crippen molar-refractivity contribution in [2.24, 2.45) is 5.92 Å². The van der Waals surface area contributed by atoms with E-state index in [9.17, 15) is 0 Å². The first-order chi connectivity index (χ1) is 7.22. The third-order valence-corrected chi connectivity index (χ3v) is 3.21. The Kier molecular flexibility index (Phi) is 6.62. The van der Waals surface area contributed by atoms with Gasteiger partial charge >= 0.3 is 0 Å². The summed E-state index contributed by atoms with van der Waals surface area (Å²) in [6.45, 7) is 12.1. The summed E-state index contributed by atoms with van der Waals surface area (Å²) in [7, 11) is 0. The minimum Gasteiger partial charge on any atom is -0.301 e. The van der Waals surface area contributed by atoms with E-state index in [2.05, 4.69) is 23.6 Å². The second-order valence-electron chi connectivity index (χ2n) is 4.93. The summed E-state index contributed by atoms with van der Waals surface area (Å²) in [4.78, 5) is 5.16. The van der Waals surface area contributed by atoms with Gasteiger partial charge in [0.2, 0.25) is 0 Å². The molecule has 3 heteroatoms. The lowest BCUT2D eigenvalue weighted by molar-refractivity contribution is 0.121. The number of halogens is 1. The highest BCUT2D eigenvalue weighted by Crippen LogP contribution is 2.06. The molecule has 2 nitrogen and oxygen atoms in total. The molecule has 0 aromatic heterocycles. The van der Waals surface area contributed by atoms with Gasteiger partial charge in [0.1, 0.15) is 0 Å². The van der Waals surface area contributed by atoms with Gasteiger partial charge in [0.25, 0.3) is 0 Å². The number of nitrogens with zero attached hydrogens (tertiary/aromatic N) is 2. The number of unbranched alkanes of at least 4 members (excludes halogenated alkanes) is 1. The van der Waals surface area contributed by atoms with E-state index in [1.54, 1.807) is 0 Å². The second kappa shape index (κ2) is 7.48. The molecule has 0 aromatic carbocycles. The summed E-state index contributed by atoms with van der Waals surface area (Å²) in [5.41, 5.74) is 0. The lowest BCUT2D eigenvalue weighted by Gasteiger charge is -2.35. The van der Waals surface area contributed by atoms with Crippen LogP contribution in [0.5, 0.6) is 0 Å². The molecule has 0 spiro atoms. The average Bonchev–Trinajstić information content (AvgIpc) is 2.20. The maximum atomic E-state index is 5.67. The van der Waals surface area contributed by atoms with E-state index in [-0.39, 0.29) is 0 Å². The predicted molar refractivity (Wildman–Crippen MR) is 67.7 cm³/mol. The Balaban J connectivity index is 2.07. The molecule has 0 radical (unpaired) electrons. The third kappa shape index (κ3) is 5.74. The molecule has 1 aliphatic rings. The smallest absolute Gasteiger partial charge is 0.0223 e. The van der Waals surface area contributed by atoms with Crippen LogP contribution >= 0.6 is 11.6 Å². The Labute approximate surface area is 99.6 Å². The number of rotatable bonds is 6. The van der Waals surface area contributed by atoms with Crippen LogP contribution in [0.1, 0.15) is 26.7 Å². The standard InChI is InChI=1S/C12H25ClN2/c1-12(2)11-15-9-7-14(8-10-15)6-4-3-5-13/h12H,3-11H2,1-2H3. The van der Waals surface area contributed by atoms with E-state index in [0.29, 0.717) is 0 Å². The fourth-order valence-electron chi connectivity index (χ4n) is 2.14. The van der Waals surface area contributed by atoms with Crippen molar-refractivity contribution in [2.45, 2.75) is 26.7 Å². The lowest BCUT2D eigenvalue weighted by atomic mass is 10.2. The molecule has 0 atom stereocenters. The van der Waals surface area contributed by atoms with E-state index in [0.717, 1.165) is 18.2 Å². The molecule has 0 saturated carbocycles. The zero-order valence-corrected chi connectivity index (χ0v) is 11.0. The molecule has 0 aromatic rings. The van der Waals surface area contributed by atoms with E-state index in [4.69, 9.17) is 11.6 Å². The number of alkyl halides is 1. The van der Waals surface area contributed by atoms with Gasteiger partial charge in [0.15, 0.2) is 0 Å². The zero-order valence-electron chi connectivity index (χ0n) is 10.2. The fraction of sp³-hybridized carbons (Fsp3) is 1.00. The Hall–Kier alpha value is 0.210. The molecular weight excluding hydrogens is 208 g/mol. The first-order valence-electron chi connectivity index (χ1n) is 6.23. The first-order valence-corrected chi connectivity index (χ1v) is 6.76. The van der Waals surface area contributed by atoms with E-state index >= 15 is 0 Å². The van der Waals surface area contributed by atoms with Crippen molar-refractivity contribution >= 4 is 11.6 Å². The average molecular weight is 233 g/mol. The van der Waals surface area contributed by atoms with Crippen molar-refractivity contribution in [3.05, 3.63) is 0 Å². The van der Waals surface area contributed by atoms with Crippen LogP contribution in [-0.2, 0) is 0 Å². The molecule has 0 amide bonds. The Morgan fingerprint density at radius 3 is 2.13 bits per heavy atom. The molecule has 15 heavy (non-hydrogen) atoms. The molecule has 1 aliphatic heterocycles. The molecule has 0 aliphatic carbocycles. The largest absolute Gasteiger partial charge is 0.301 e. The molecule has 90 valence electrons. The Morgan fingerprint density at radius 1 is 1.00 bits per heavy atom. The minimum atomic E-state index is 0.799. The van der Waals surface area contributed by atoms with Crippen LogP contribution in [0.4, 0.5) is 0 Å². The predicted octanol–water partition coefficient (Wildman–Crippen LogP) is 2.28. The first kappa shape index (κ1) is 13.3. The quantitative estimate of drug-likeness (QED) is 0.512. The fourth-order valence-corrected chi connectivity index (χ4v) is 2.33. The SMILES string of the molecule is CC(C)CN1CCN(CCCCCl)CC1. The van der Waals surface area contributed by atoms with Crippen molar-refractivity contribution in [2.75, 3.05) is 45.1 Å². The van der Waals surface area contributed by atoms with Gasteiger partial charge in [0.05, 0.1) is 0 Å². The Bertz CT molecular complexity index is 154. The van der Waals surface area contributed by atoms with Crippen molar-refractivity contribution in [1.82, 2.24) is 9.80 Å². The monoisotopic (exact) mass is 232 g/mol. The molecule has 1 fully saturated rings. The van der Waals surface area contributed by atoms with Gasteiger partial charge in [-0.05, 0) is 25.3 Å². The molecule has 0 bridgehead atoms. The highest BCUT2D eigenvalue weighted by molar-refractivity contribution is 6.17.